The normalized spacial score (nSPS) is 22.2. The van der Waals surface area contributed by atoms with Gasteiger partial charge in [-0.2, -0.15) is 0 Å². The van der Waals surface area contributed by atoms with E-state index in [0.717, 1.165) is 29.6 Å². The smallest absolute Gasteiger partial charge is 0.407 e. The van der Waals surface area contributed by atoms with Crippen molar-refractivity contribution in [2.75, 3.05) is 13.2 Å². The molecule has 1 N–H and O–H groups in total. The van der Waals surface area contributed by atoms with Crippen molar-refractivity contribution in [3.63, 3.8) is 0 Å². The Kier molecular flexibility index (Phi) is 7.33. The summed E-state index contributed by atoms with van der Waals surface area (Å²) < 4.78 is 46.8. The summed E-state index contributed by atoms with van der Waals surface area (Å²) in [6.45, 7) is 8.48. The maximum Gasteiger partial charge on any atom is 0.407 e. The number of esters is 1. The van der Waals surface area contributed by atoms with Crippen LogP contribution in [0.5, 0.6) is 0 Å². The van der Waals surface area contributed by atoms with Crippen molar-refractivity contribution in [1.82, 2.24) is 19.8 Å². The second kappa shape index (κ2) is 10.1. The molecule has 1 amide bonds. The van der Waals surface area contributed by atoms with E-state index in [1.54, 1.807) is 39.3 Å². The summed E-state index contributed by atoms with van der Waals surface area (Å²) in [5.41, 5.74) is 0.987. The number of hydrogen-bond acceptors (Lipinski definition) is 7. The van der Waals surface area contributed by atoms with Gasteiger partial charge in [0, 0.05) is 31.7 Å². The van der Waals surface area contributed by atoms with E-state index < -0.39 is 41.4 Å². The number of carbonyl (C=O) groups excluding carboxylic acids is 2. The van der Waals surface area contributed by atoms with Gasteiger partial charge in [-0.05, 0) is 52.3 Å². The first-order valence-electron chi connectivity index (χ1n) is 12.0. The van der Waals surface area contributed by atoms with E-state index in [2.05, 4.69) is 15.2 Å². The van der Waals surface area contributed by atoms with Gasteiger partial charge >= 0.3 is 12.1 Å². The summed E-state index contributed by atoms with van der Waals surface area (Å²) in [6, 6.07) is 2.38. The van der Waals surface area contributed by atoms with Crippen LogP contribution < -0.4 is 5.32 Å². The highest BCUT2D eigenvalue weighted by Crippen LogP contribution is 2.35. The summed E-state index contributed by atoms with van der Waals surface area (Å²) in [6.07, 6.45) is -1.13. The quantitative estimate of drug-likeness (QED) is 0.619. The Balaban J connectivity index is 1.52. The van der Waals surface area contributed by atoms with Gasteiger partial charge in [0.25, 0.3) is 0 Å². The molecule has 2 aliphatic heterocycles. The fourth-order valence-corrected chi connectivity index (χ4v) is 4.69. The molecule has 1 saturated heterocycles. The van der Waals surface area contributed by atoms with Crippen molar-refractivity contribution in [2.24, 2.45) is 7.05 Å². The van der Waals surface area contributed by atoms with Gasteiger partial charge in [-0.15, -0.1) is 0 Å². The molecule has 0 unspecified atom stereocenters. The molecule has 9 nitrogen and oxygen atoms in total. The van der Waals surface area contributed by atoms with Crippen LogP contribution in [0, 0.1) is 11.6 Å². The minimum absolute atomic E-state index is 0.0416. The van der Waals surface area contributed by atoms with Crippen molar-refractivity contribution in [3.05, 3.63) is 52.6 Å². The number of halogens is 2. The van der Waals surface area contributed by atoms with Crippen molar-refractivity contribution in [3.8, 4) is 0 Å². The molecule has 2 aromatic rings. The molecular weight excluding hydrogens is 474 g/mol. The Labute approximate surface area is 208 Å². The van der Waals surface area contributed by atoms with Gasteiger partial charge in [-0.25, -0.2) is 23.4 Å². The predicted octanol–water partition coefficient (Wildman–Crippen LogP) is 3.61. The highest BCUT2D eigenvalue weighted by Gasteiger charge is 2.40. The van der Waals surface area contributed by atoms with E-state index in [-0.39, 0.29) is 30.6 Å². The van der Waals surface area contributed by atoms with E-state index in [4.69, 9.17) is 14.2 Å². The highest BCUT2D eigenvalue weighted by molar-refractivity contribution is 5.85. The van der Waals surface area contributed by atoms with Crippen LogP contribution in [0.3, 0.4) is 0 Å². The van der Waals surface area contributed by atoms with Crippen LogP contribution in [0.4, 0.5) is 13.6 Å². The summed E-state index contributed by atoms with van der Waals surface area (Å²) >= 11 is 0. The number of rotatable bonds is 5. The van der Waals surface area contributed by atoms with Gasteiger partial charge in [0.05, 0.1) is 30.6 Å². The topological polar surface area (TPSA) is 94.9 Å². The number of benzene rings is 1. The molecular formula is C25H32F2N4O5. The molecule has 4 rings (SSSR count). The van der Waals surface area contributed by atoms with Crippen LogP contribution in [-0.4, -0.2) is 57.4 Å². The monoisotopic (exact) mass is 506 g/mol. The Bertz CT molecular complexity index is 1150. The van der Waals surface area contributed by atoms with E-state index >= 15 is 0 Å². The van der Waals surface area contributed by atoms with E-state index in [0.29, 0.717) is 19.5 Å². The molecule has 0 aliphatic carbocycles. The average Bonchev–Trinajstić information content (AvgIpc) is 3.34. The molecule has 0 saturated carbocycles. The zero-order chi connectivity index (χ0) is 26.2. The molecule has 36 heavy (non-hydrogen) atoms. The Morgan fingerprint density at radius 3 is 2.67 bits per heavy atom. The van der Waals surface area contributed by atoms with Crippen molar-refractivity contribution >= 4 is 12.1 Å². The van der Waals surface area contributed by atoms with Crippen molar-refractivity contribution in [1.29, 1.82) is 0 Å². The number of nitrogens with zero attached hydrogens (tertiary/aromatic N) is 3. The van der Waals surface area contributed by atoms with Crippen LogP contribution in [0.25, 0.3) is 0 Å². The van der Waals surface area contributed by atoms with Crippen LogP contribution in [0.1, 0.15) is 67.8 Å². The maximum absolute atomic E-state index is 14.6. The number of hydrogen-bond donors (Lipinski definition) is 1. The third kappa shape index (κ3) is 5.52. The standard InChI is InChI=1S/C25H32F2N4O5/c1-6-34-23(32)22-28-19-11-31(12-20(19)30(22)5)15-10-18(29-24(33)36-25(2,3)4)21(35-13-15)16-9-14(26)7-8-17(16)27/h7-9,15,18,21H,6,10-13H2,1-5H3,(H,29,33)/t15-,18+,21+/m1/s1. The van der Waals surface area contributed by atoms with Gasteiger partial charge in [0.15, 0.2) is 0 Å². The summed E-state index contributed by atoms with van der Waals surface area (Å²) in [7, 11) is 1.77. The summed E-state index contributed by atoms with van der Waals surface area (Å²) in [5, 5.41) is 2.80. The Morgan fingerprint density at radius 1 is 1.25 bits per heavy atom. The van der Waals surface area contributed by atoms with Crippen molar-refractivity contribution < 1.29 is 32.6 Å². The third-order valence-electron chi connectivity index (χ3n) is 6.30. The average molecular weight is 507 g/mol. The largest absolute Gasteiger partial charge is 0.460 e. The number of fused-ring (bicyclic) bond motifs is 1. The SMILES string of the molecule is CCOC(=O)c1nc2c(n1C)CN([C@H]1CO[C@@H](c3cc(F)ccc3F)[C@@H](NC(=O)OC(C)(C)C)C1)C2. The molecule has 11 heteroatoms. The van der Waals surface area contributed by atoms with Gasteiger partial charge in [-0.3, -0.25) is 4.90 Å². The first-order valence-corrected chi connectivity index (χ1v) is 12.0. The predicted molar refractivity (Wildman–Crippen MR) is 125 cm³/mol. The molecule has 3 heterocycles. The second-order valence-corrected chi connectivity index (χ2v) is 10.1. The lowest BCUT2D eigenvalue weighted by Gasteiger charge is -2.40. The highest BCUT2D eigenvalue weighted by atomic mass is 19.1. The number of amides is 1. The number of alkyl carbamates (subject to hydrolysis) is 1. The molecule has 1 aromatic heterocycles. The molecule has 0 spiro atoms. The van der Waals surface area contributed by atoms with Gasteiger partial charge in [-0.1, -0.05) is 0 Å². The molecule has 0 radical (unpaired) electrons. The molecule has 196 valence electrons. The zero-order valence-corrected chi connectivity index (χ0v) is 21.1. The number of aromatic nitrogens is 2. The summed E-state index contributed by atoms with van der Waals surface area (Å²) in [5.74, 6) is -1.41. The number of ether oxygens (including phenoxy) is 3. The minimum Gasteiger partial charge on any atom is -0.460 e. The number of carbonyl (C=O) groups is 2. The Morgan fingerprint density at radius 2 is 2.00 bits per heavy atom. The van der Waals surface area contributed by atoms with Gasteiger partial charge in [0.2, 0.25) is 5.82 Å². The fraction of sp³-hybridized carbons (Fsp3) is 0.560. The molecule has 3 atom stereocenters. The number of imidazole rings is 1. The van der Waals surface area contributed by atoms with Crippen molar-refractivity contribution in [2.45, 2.75) is 71.0 Å². The van der Waals surface area contributed by atoms with Gasteiger partial charge in [0.1, 0.15) is 23.3 Å². The van der Waals surface area contributed by atoms with E-state index in [1.165, 1.54) is 0 Å². The lowest BCUT2D eigenvalue weighted by atomic mass is 9.92. The first kappa shape index (κ1) is 26.0. The maximum atomic E-state index is 14.6. The minimum atomic E-state index is -0.886. The van der Waals surface area contributed by atoms with Crippen LogP contribution in [-0.2, 0) is 34.3 Å². The van der Waals surface area contributed by atoms with E-state index in [1.807, 2.05) is 0 Å². The second-order valence-electron chi connectivity index (χ2n) is 10.1. The van der Waals surface area contributed by atoms with Crippen LogP contribution >= 0.6 is 0 Å². The lowest BCUT2D eigenvalue weighted by molar-refractivity contribution is -0.0630. The Hall–Kier alpha value is -3.05. The van der Waals surface area contributed by atoms with Crippen LogP contribution in [0.2, 0.25) is 0 Å². The summed E-state index contributed by atoms with van der Waals surface area (Å²) in [4.78, 5) is 31.4. The molecule has 1 aromatic carbocycles. The first-order chi connectivity index (χ1) is 17.0. The van der Waals surface area contributed by atoms with Gasteiger partial charge < -0.3 is 24.1 Å². The molecule has 0 bridgehead atoms. The van der Waals surface area contributed by atoms with E-state index in [9.17, 15) is 18.4 Å². The zero-order valence-electron chi connectivity index (χ0n) is 21.1. The third-order valence-corrected chi connectivity index (χ3v) is 6.30. The molecule has 2 aliphatic rings. The number of nitrogens with one attached hydrogen (secondary N) is 1. The lowest BCUT2D eigenvalue weighted by Crippen LogP contribution is -2.52. The fourth-order valence-electron chi connectivity index (χ4n) is 4.69. The molecule has 1 fully saturated rings. The van der Waals surface area contributed by atoms with Crippen LogP contribution in [0.15, 0.2) is 18.2 Å².